The average Bonchev–Trinajstić information content (AvgIpc) is 3.13. The number of nitrogens with one attached hydrogen (secondary N) is 1. The summed E-state index contributed by atoms with van der Waals surface area (Å²) >= 11 is 0. The van der Waals surface area contributed by atoms with Crippen LogP contribution in [0.2, 0.25) is 0 Å². The quantitative estimate of drug-likeness (QED) is 0.833. The van der Waals surface area contributed by atoms with Gasteiger partial charge in [-0.1, -0.05) is 19.0 Å². The van der Waals surface area contributed by atoms with E-state index in [0.29, 0.717) is 24.0 Å². The lowest BCUT2D eigenvalue weighted by Crippen LogP contribution is -2.57. The summed E-state index contributed by atoms with van der Waals surface area (Å²) < 4.78 is 10.3. The molecule has 0 spiro atoms. The van der Waals surface area contributed by atoms with Crippen LogP contribution >= 0.6 is 0 Å². The van der Waals surface area contributed by atoms with E-state index >= 15 is 0 Å². The van der Waals surface area contributed by atoms with Gasteiger partial charge in [0.05, 0.1) is 5.69 Å². The molecule has 3 rings (SSSR count). The molecule has 1 N–H and O–H groups in total. The highest BCUT2D eigenvalue weighted by atomic mass is 16.5. The zero-order chi connectivity index (χ0) is 14.2. The fraction of sp³-hybridized carbons (Fsp3) is 0.812. The minimum atomic E-state index is 0.356. The maximum absolute atomic E-state index is 5.27. The number of methoxy groups -OCH3 is 1. The molecule has 0 bridgehead atoms. The van der Waals surface area contributed by atoms with Crippen LogP contribution < -0.4 is 5.32 Å². The molecule has 0 aliphatic heterocycles. The normalized spacial score (nSPS) is 28.4. The van der Waals surface area contributed by atoms with E-state index in [2.05, 4.69) is 24.3 Å². The van der Waals surface area contributed by atoms with Crippen LogP contribution in [-0.4, -0.2) is 24.9 Å². The van der Waals surface area contributed by atoms with Crippen LogP contribution in [0, 0.1) is 17.3 Å². The van der Waals surface area contributed by atoms with Crippen molar-refractivity contribution < 1.29 is 9.26 Å². The first-order chi connectivity index (χ1) is 9.59. The molecule has 2 saturated carbocycles. The van der Waals surface area contributed by atoms with Crippen LogP contribution in [0.4, 0.5) is 0 Å². The molecule has 0 radical (unpaired) electrons. The first kappa shape index (κ1) is 14.1. The molecule has 2 aliphatic carbocycles. The van der Waals surface area contributed by atoms with E-state index < -0.39 is 0 Å². The van der Waals surface area contributed by atoms with Crippen LogP contribution in [0.1, 0.15) is 44.6 Å². The SMILES string of the molecule is COCc1cc(CC2CC(NCC3CC3)C2(C)C)no1. The third-order valence-electron chi connectivity index (χ3n) is 5.17. The largest absolute Gasteiger partial charge is 0.377 e. The third kappa shape index (κ3) is 2.91. The van der Waals surface area contributed by atoms with E-state index in [9.17, 15) is 0 Å². The summed E-state index contributed by atoms with van der Waals surface area (Å²) in [5.41, 5.74) is 1.42. The molecular weight excluding hydrogens is 252 g/mol. The van der Waals surface area contributed by atoms with E-state index in [-0.39, 0.29) is 0 Å². The van der Waals surface area contributed by atoms with Crippen molar-refractivity contribution in [2.75, 3.05) is 13.7 Å². The molecule has 2 unspecified atom stereocenters. The second kappa shape index (κ2) is 5.49. The molecule has 2 fully saturated rings. The smallest absolute Gasteiger partial charge is 0.162 e. The molecule has 2 aliphatic rings. The van der Waals surface area contributed by atoms with Gasteiger partial charge >= 0.3 is 0 Å². The Morgan fingerprint density at radius 3 is 2.90 bits per heavy atom. The molecule has 0 aromatic carbocycles. The van der Waals surface area contributed by atoms with Gasteiger partial charge in [-0.3, -0.25) is 0 Å². The highest BCUT2D eigenvalue weighted by Gasteiger charge is 2.48. The first-order valence-corrected chi connectivity index (χ1v) is 7.76. The van der Waals surface area contributed by atoms with E-state index in [1.165, 1.54) is 25.8 Å². The van der Waals surface area contributed by atoms with Gasteiger partial charge < -0.3 is 14.6 Å². The Morgan fingerprint density at radius 1 is 1.45 bits per heavy atom. The average molecular weight is 278 g/mol. The van der Waals surface area contributed by atoms with Crippen molar-refractivity contribution in [1.82, 2.24) is 10.5 Å². The Labute approximate surface area is 121 Å². The van der Waals surface area contributed by atoms with Crippen molar-refractivity contribution in [2.24, 2.45) is 17.3 Å². The standard InChI is InChI=1S/C16H26N2O2/c1-16(2)12(7-15(16)17-9-11-4-5-11)6-13-8-14(10-19-3)20-18-13/h8,11-12,15,17H,4-7,9-10H2,1-3H3. The molecule has 2 atom stereocenters. The molecule has 112 valence electrons. The van der Waals surface area contributed by atoms with E-state index in [0.717, 1.165) is 23.8 Å². The lowest BCUT2D eigenvalue weighted by atomic mass is 9.57. The minimum Gasteiger partial charge on any atom is -0.377 e. The lowest BCUT2D eigenvalue weighted by Gasteiger charge is -2.52. The second-order valence-corrected chi connectivity index (χ2v) is 7.08. The van der Waals surface area contributed by atoms with Crippen LogP contribution in [0.25, 0.3) is 0 Å². The lowest BCUT2D eigenvalue weighted by molar-refractivity contribution is 0.0131. The summed E-state index contributed by atoms with van der Waals surface area (Å²) in [5, 5.41) is 7.90. The summed E-state index contributed by atoms with van der Waals surface area (Å²) in [6.07, 6.45) is 5.11. The van der Waals surface area contributed by atoms with Gasteiger partial charge in [0.15, 0.2) is 5.76 Å². The molecule has 1 aromatic rings. The molecule has 1 heterocycles. The Morgan fingerprint density at radius 2 is 2.25 bits per heavy atom. The van der Waals surface area contributed by atoms with Gasteiger partial charge in [0.2, 0.25) is 0 Å². The van der Waals surface area contributed by atoms with Gasteiger partial charge in [0.1, 0.15) is 6.61 Å². The molecule has 4 nitrogen and oxygen atoms in total. The van der Waals surface area contributed by atoms with E-state index in [1.807, 2.05) is 6.07 Å². The highest BCUT2D eigenvalue weighted by Crippen LogP contribution is 2.48. The van der Waals surface area contributed by atoms with E-state index in [1.54, 1.807) is 7.11 Å². The predicted molar refractivity (Wildman–Crippen MR) is 77.3 cm³/mol. The predicted octanol–water partition coefficient (Wildman–Crippen LogP) is 2.78. The van der Waals surface area contributed by atoms with Gasteiger partial charge in [-0.05, 0) is 49.5 Å². The molecule has 4 heteroatoms. The molecule has 0 saturated heterocycles. The fourth-order valence-corrected chi connectivity index (χ4v) is 3.25. The third-order valence-corrected chi connectivity index (χ3v) is 5.17. The summed E-state index contributed by atoms with van der Waals surface area (Å²) in [6, 6.07) is 2.70. The maximum Gasteiger partial charge on any atom is 0.162 e. The summed E-state index contributed by atoms with van der Waals surface area (Å²) in [4.78, 5) is 0. The summed E-state index contributed by atoms with van der Waals surface area (Å²) in [6.45, 7) is 6.47. The van der Waals surface area contributed by atoms with E-state index in [4.69, 9.17) is 9.26 Å². The Kier molecular flexibility index (Phi) is 3.87. The second-order valence-electron chi connectivity index (χ2n) is 7.08. The first-order valence-electron chi connectivity index (χ1n) is 7.76. The number of hydrogen-bond donors (Lipinski definition) is 1. The Bertz CT molecular complexity index is 451. The number of ether oxygens (including phenoxy) is 1. The van der Waals surface area contributed by atoms with Crippen LogP contribution in [-0.2, 0) is 17.8 Å². The van der Waals surface area contributed by atoms with Crippen LogP contribution in [0.15, 0.2) is 10.6 Å². The summed E-state index contributed by atoms with van der Waals surface area (Å²) in [5.74, 6) is 2.47. The topological polar surface area (TPSA) is 47.3 Å². The monoisotopic (exact) mass is 278 g/mol. The Hall–Kier alpha value is -0.870. The molecular formula is C16H26N2O2. The van der Waals surface area contributed by atoms with Gasteiger partial charge in [-0.25, -0.2) is 0 Å². The van der Waals surface area contributed by atoms with Crippen molar-refractivity contribution >= 4 is 0 Å². The van der Waals surface area contributed by atoms with Crippen LogP contribution in [0.3, 0.4) is 0 Å². The van der Waals surface area contributed by atoms with Crippen molar-refractivity contribution in [3.05, 3.63) is 17.5 Å². The number of hydrogen-bond acceptors (Lipinski definition) is 4. The fourth-order valence-electron chi connectivity index (χ4n) is 3.25. The minimum absolute atomic E-state index is 0.356. The Balaban J connectivity index is 1.50. The zero-order valence-corrected chi connectivity index (χ0v) is 12.8. The molecule has 20 heavy (non-hydrogen) atoms. The van der Waals surface area contributed by atoms with Crippen LogP contribution in [0.5, 0.6) is 0 Å². The van der Waals surface area contributed by atoms with Gasteiger partial charge in [-0.15, -0.1) is 0 Å². The number of rotatable bonds is 7. The molecule has 0 amide bonds. The van der Waals surface area contributed by atoms with Crippen molar-refractivity contribution in [3.63, 3.8) is 0 Å². The number of aromatic nitrogens is 1. The van der Waals surface area contributed by atoms with Crippen molar-refractivity contribution in [1.29, 1.82) is 0 Å². The molecule has 1 aromatic heterocycles. The highest BCUT2D eigenvalue weighted by molar-refractivity contribution is 5.11. The van der Waals surface area contributed by atoms with Crippen molar-refractivity contribution in [3.8, 4) is 0 Å². The van der Waals surface area contributed by atoms with Gasteiger partial charge in [0.25, 0.3) is 0 Å². The zero-order valence-electron chi connectivity index (χ0n) is 12.8. The van der Waals surface area contributed by atoms with Crippen molar-refractivity contribution in [2.45, 2.75) is 52.2 Å². The maximum atomic E-state index is 5.27. The van der Waals surface area contributed by atoms with Gasteiger partial charge in [-0.2, -0.15) is 0 Å². The summed E-state index contributed by atoms with van der Waals surface area (Å²) in [7, 11) is 1.67. The van der Waals surface area contributed by atoms with Gasteiger partial charge in [0, 0.05) is 19.2 Å². The number of nitrogens with zero attached hydrogens (tertiary/aromatic N) is 1.